The Morgan fingerprint density at radius 2 is 1.96 bits per heavy atom. The van der Waals surface area contributed by atoms with Crippen molar-refractivity contribution in [2.45, 2.75) is 64.3 Å². The van der Waals surface area contributed by atoms with Crippen molar-refractivity contribution in [3.05, 3.63) is 11.8 Å². The van der Waals surface area contributed by atoms with Crippen molar-refractivity contribution < 1.29 is 14.3 Å². The number of hydrogen-bond acceptors (Lipinski definition) is 4. The van der Waals surface area contributed by atoms with E-state index in [-0.39, 0.29) is 29.9 Å². The number of aromatic nitrogens is 2. The highest BCUT2D eigenvalue weighted by atomic mass is 16.5. The molecule has 0 saturated heterocycles. The molecule has 28 heavy (non-hydrogen) atoms. The van der Waals surface area contributed by atoms with Crippen molar-refractivity contribution >= 4 is 17.8 Å². The van der Waals surface area contributed by atoms with E-state index in [1.54, 1.807) is 18.8 Å². The van der Waals surface area contributed by atoms with Crippen molar-refractivity contribution in [1.82, 2.24) is 20.0 Å². The van der Waals surface area contributed by atoms with Crippen LogP contribution in [0.25, 0.3) is 0 Å². The van der Waals surface area contributed by atoms with Crippen molar-refractivity contribution in [3.8, 4) is 0 Å². The molecule has 0 aliphatic heterocycles. The zero-order valence-corrected chi connectivity index (χ0v) is 17.9. The first-order valence-electron chi connectivity index (χ1n) is 10.1. The normalized spacial score (nSPS) is 15.3. The fraction of sp³-hybridized carbons (Fsp3) is 0.750. The SMILES string of the molecule is COCCN(CC(=O)Nc1cc(C(C)(C)C)nn1C)C(=O)NC1CCCCC1. The molecule has 0 atom stereocenters. The molecule has 0 bridgehead atoms. The number of carbonyl (C=O) groups is 2. The van der Waals surface area contributed by atoms with Gasteiger partial charge in [-0.15, -0.1) is 0 Å². The van der Waals surface area contributed by atoms with Gasteiger partial charge in [0, 0.05) is 38.2 Å². The number of ether oxygens (including phenoxy) is 1. The highest BCUT2D eigenvalue weighted by molar-refractivity contribution is 5.93. The number of rotatable bonds is 7. The summed E-state index contributed by atoms with van der Waals surface area (Å²) in [6.45, 7) is 6.93. The molecule has 158 valence electrons. The molecule has 1 aromatic rings. The first-order valence-corrected chi connectivity index (χ1v) is 10.1. The maximum absolute atomic E-state index is 12.7. The zero-order valence-electron chi connectivity index (χ0n) is 17.9. The largest absolute Gasteiger partial charge is 0.383 e. The molecule has 8 nitrogen and oxygen atoms in total. The Balaban J connectivity index is 1.97. The van der Waals surface area contributed by atoms with Crippen LogP contribution >= 0.6 is 0 Å². The molecule has 1 saturated carbocycles. The molecule has 0 spiro atoms. The van der Waals surface area contributed by atoms with Crippen molar-refractivity contribution in [2.24, 2.45) is 7.05 Å². The fourth-order valence-electron chi connectivity index (χ4n) is 3.27. The molecule has 8 heteroatoms. The van der Waals surface area contributed by atoms with Crippen LogP contribution in [0.4, 0.5) is 10.6 Å². The summed E-state index contributed by atoms with van der Waals surface area (Å²) in [6.07, 6.45) is 5.50. The fourth-order valence-corrected chi connectivity index (χ4v) is 3.27. The van der Waals surface area contributed by atoms with Gasteiger partial charge in [0.1, 0.15) is 12.4 Å². The first-order chi connectivity index (χ1) is 13.2. The minimum atomic E-state index is -0.252. The highest BCUT2D eigenvalue weighted by Crippen LogP contribution is 2.23. The van der Waals surface area contributed by atoms with Crippen molar-refractivity contribution in [3.63, 3.8) is 0 Å². The van der Waals surface area contributed by atoms with Gasteiger partial charge in [-0.3, -0.25) is 9.48 Å². The smallest absolute Gasteiger partial charge is 0.318 e. The van der Waals surface area contributed by atoms with Gasteiger partial charge in [0.05, 0.1) is 12.3 Å². The van der Waals surface area contributed by atoms with E-state index >= 15 is 0 Å². The maximum Gasteiger partial charge on any atom is 0.318 e. The van der Waals surface area contributed by atoms with Crippen LogP contribution in [0.3, 0.4) is 0 Å². The zero-order chi connectivity index (χ0) is 20.7. The third kappa shape index (κ3) is 6.51. The van der Waals surface area contributed by atoms with E-state index in [4.69, 9.17) is 4.74 Å². The Kier molecular flexibility index (Phi) is 7.86. The monoisotopic (exact) mass is 393 g/mol. The van der Waals surface area contributed by atoms with Crippen LogP contribution < -0.4 is 10.6 Å². The summed E-state index contributed by atoms with van der Waals surface area (Å²) < 4.78 is 6.76. The molecule has 3 amide bonds. The third-order valence-electron chi connectivity index (χ3n) is 5.04. The molecule has 2 rings (SSSR count). The van der Waals surface area contributed by atoms with Crippen LogP contribution in [-0.4, -0.2) is 59.5 Å². The number of urea groups is 1. The minimum Gasteiger partial charge on any atom is -0.383 e. The first kappa shape index (κ1) is 22.2. The maximum atomic E-state index is 12.7. The number of carbonyl (C=O) groups excluding carboxylic acids is 2. The average Bonchev–Trinajstić information content (AvgIpc) is 3.00. The van der Waals surface area contributed by atoms with E-state index in [1.807, 2.05) is 6.07 Å². The predicted molar refractivity (Wildman–Crippen MR) is 109 cm³/mol. The highest BCUT2D eigenvalue weighted by Gasteiger charge is 2.23. The molecule has 1 fully saturated rings. The molecule has 1 aliphatic rings. The summed E-state index contributed by atoms with van der Waals surface area (Å²) in [5.41, 5.74) is 0.794. The number of methoxy groups -OCH3 is 1. The van der Waals surface area contributed by atoms with Gasteiger partial charge in [0.15, 0.2) is 0 Å². The summed E-state index contributed by atoms with van der Waals surface area (Å²) >= 11 is 0. The Morgan fingerprint density at radius 3 is 2.54 bits per heavy atom. The van der Waals surface area contributed by atoms with E-state index in [9.17, 15) is 9.59 Å². The third-order valence-corrected chi connectivity index (χ3v) is 5.04. The summed E-state index contributed by atoms with van der Waals surface area (Å²) in [6, 6.07) is 1.86. The average molecular weight is 394 g/mol. The van der Waals surface area contributed by atoms with Gasteiger partial charge in [-0.1, -0.05) is 40.0 Å². The predicted octanol–water partition coefficient (Wildman–Crippen LogP) is 2.65. The van der Waals surface area contributed by atoms with Crippen molar-refractivity contribution in [1.29, 1.82) is 0 Å². The summed E-state index contributed by atoms with van der Waals surface area (Å²) in [5, 5.41) is 10.4. The van der Waals surface area contributed by atoms with Crippen LogP contribution in [-0.2, 0) is 22.0 Å². The number of nitrogens with zero attached hydrogens (tertiary/aromatic N) is 3. The molecule has 0 radical (unpaired) electrons. The number of hydrogen-bond donors (Lipinski definition) is 2. The van der Waals surface area contributed by atoms with Crippen LogP contribution in [0, 0.1) is 0 Å². The van der Waals surface area contributed by atoms with Crippen LogP contribution in [0.2, 0.25) is 0 Å². The Hall–Kier alpha value is -2.09. The molecule has 0 unspecified atom stereocenters. The van der Waals surface area contributed by atoms with Gasteiger partial charge >= 0.3 is 6.03 Å². The van der Waals surface area contributed by atoms with Gasteiger partial charge in [-0.2, -0.15) is 5.10 Å². The number of anilines is 1. The number of amides is 3. The lowest BCUT2D eigenvalue weighted by atomic mass is 9.92. The lowest BCUT2D eigenvalue weighted by Gasteiger charge is -2.28. The molecular weight excluding hydrogens is 358 g/mol. The van der Waals surface area contributed by atoms with E-state index < -0.39 is 0 Å². The lowest BCUT2D eigenvalue weighted by Crippen LogP contribution is -2.49. The van der Waals surface area contributed by atoms with Gasteiger partial charge in [-0.25, -0.2) is 4.79 Å². The molecular formula is C20H35N5O3. The van der Waals surface area contributed by atoms with E-state index in [0.717, 1.165) is 31.4 Å². The standard InChI is InChI=1S/C20H35N5O3/c1-20(2,3)16-13-17(24(4)23-16)22-18(26)14-25(11-12-28-5)19(27)21-15-9-7-6-8-10-15/h13,15H,6-12,14H2,1-5H3,(H,21,27)(H,22,26). The quantitative estimate of drug-likeness (QED) is 0.745. The summed E-state index contributed by atoms with van der Waals surface area (Å²) in [7, 11) is 3.38. The second kappa shape index (κ2) is 9.91. The molecule has 2 N–H and O–H groups in total. The van der Waals surface area contributed by atoms with Crippen molar-refractivity contribution in [2.75, 3.05) is 32.1 Å². The van der Waals surface area contributed by atoms with E-state index in [0.29, 0.717) is 19.0 Å². The Labute approximate surface area is 168 Å². The van der Waals surface area contributed by atoms with Gasteiger partial charge in [0.25, 0.3) is 0 Å². The Morgan fingerprint density at radius 1 is 1.29 bits per heavy atom. The molecule has 0 aromatic carbocycles. The topological polar surface area (TPSA) is 88.5 Å². The molecule has 1 aromatic heterocycles. The number of nitrogens with one attached hydrogen (secondary N) is 2. The van der Waals surface area contributed by atoms with Crippen LogP contribution in [0.5, 0.6) is 0 Å². The van der Waals surface area contributed by atoms with Crippen LogP contribution in [0.15, 0.2) is 6.07 Å². The molecule has 1 aliphatic carbocycles. The second-order valence-electron chi connectivity index (χ2n) is 8.54. The molecule has 1 heterocycles. The Bertz CT molecular complexity index is 659. The van der Waals surface area contributed by atoms with Gasteiger partial charge < -0.3 is 20.3 Å². The number of aryl methyl sites for hydroxylation is 1. The summed E-state index contributed by atoms with van der Waals surface area (Å²) in [5.74, 6) is 0.368. The lowest BCUT2D eigenvalue weighted by molar-refractivity contribution is -0.116. The minimum absolute atomic E-state index is 0.0298. The van der Waals surface area contributed by atoms with Gasteiger partial charge in [-0.05, 0) is 12.8 Å². The van der Waals surface area contributed by atoms with E-state index in [1.165, 1.54) is 11.3 Å². The summed E-state index contributed by atoms with van der Waals surface area (Å²) in [4.78, 5) is 26.8. The van der Waals surface area contributed by atoms with E-state index in [2.05, 4.69) is 36.5 Å². The second-order valence-corrected chi connectivity index (χ2v) is 8.54. The van der Waals surface area contributed by atoms with Crippen LogP contribution in [0.1, 0.15) is 58.6 Å². The van der Waals surface area contributed by atoms with Gasteiger partial charge in [0.2, 0.25) is 5.91 Å².